The molecule has 0 aromatic rings. The van der Waals surface area contributed by atoms with Gasteiger partial charge in [0.15, 0.2) is 0 Å². The quantitative estimate of drug-likeness (QED) is 0.786. The highest BCUT2D eigenvalue weighted by molar-refractivity contribution is 4.94. The van der Waals surface area contributed by atoms with Crippen molar-refractivity contribution in [3.8, 4) is 0 Å². The maximum Gasteiger partial charge on any atom is 0.0897 e. The van der Waals surface area contributed by atoms with E-state index in [1.54, 1.807) is 0 Å². The summed E-state index contributed by atoms with van der Waals surface area (Å²) in [6, 6.07) is 0.666. The van der Waals surface area contributed by atoms with Crippen LogP contribution >= 0.6 is 0 Å². The Morgan fingerprint density at radius 3 is 2.55 bits per heavy atom. The molecule has 2 bridgehead atoms. The zero-order valence-corrected chi connectivity index (χ0v) is 12.9. The molecule has 3 saturated carbocycles. The highest BCUT2D eigenvalue weighted by Crippen LogP contribution is 2.44. The van der Waals surface area contributed by atoms with Crippen LogP contribution in [0.15, 0.2) is 0 Å². The van der Waals surface area contributed by atoms with Gasteiger partial charge in [0.1, 0.15) is 0 Å². The van der Waals surface area contributed by atoms with E-state index in [0.717, 1.165) is 17.8 Å². The predicted octanol–water partition coefficient (Wildman–Crippen LogP) is 2.72. The lowest BCUT2D eigenvalue weighted by molar-refractivity contribution is -0.0287. The molecule has 4 unspecified atom stereocenters. The van der Waals surface area contributed by atoms with E-state index in [1.165, 1.54) is 51.4 Å². The van der Waals surface area contributed by atoms with Crippen LogP contribution < -0.4 is 5.32 Å². The summed E-state index contributed by atoms with van der Waals surface area (Å²) < 4.78 is 5.88. The Labute approximate surface area is 123 Å². The van der Waals surface area contributed by atoms with Crippen molar-refractivity contribution < 1.29 is 9.84 Å². The Bertz CT molecular complexity index is 301. The molecule has 3 nitrogen and oxygen atoms in total. The summed E-state index contributed by atoms with van der Waals surface area (Å²) in [7, 11) is 0. The average Bonchev–Trinajstić information content (AvgIpc) is 3.07. The van der Waals surface area contributed by atoms with Gasteiger partial charge in [0, 0.05) is 12.6 Å². The molecule has 0 spiro atoms. The largest absolute Gasteiger partial charge is 0.389 e. The molecule has 4 atom stereocenters. The Balaban J connectivity index is 1.29. The van der Waals surface area contributed by atoms with Crippen molar-refractivity contribution in [1.29, 1.82) is 0 Å². The van der Waals surface area contributed by atoms with Crippen LogP contribution in [0.4, 0.5) is 0 Å². The van der Waals surface area contributed by atoms with Gasteiger partial charge in [-0.3, -0.25) is 0 Å². The number of hydrogen-bond donors (Lipinski definition) is 2. The first-order valence-corrected chi connectivity index (χ1v) is 8.73. The Hall–Kier alpha value is -0.120. The van der Waals surface area contributed by atoms with E-state index in [1.807, 2.05) is 0 Å². The van der Waals surface area contributed by atoms with Crippen LogP contribution in [0.3, 0.4) is 0 Å². The summed E-state index contributed by atoms with van der Waals surface area (Å²) in [5.74, 6) is 2.71. The van der Waals surface area contributed by atoms with Gasteiger partial charge in [0.05, 0.1) is 18.8 Å². The van der Waals surface area contributed by atoms with Crippen LogP contribution in [0, 0.1) is 17.8 Å². The molecule has 0 heterocycles. The Kier molecular flexibility index (Phi) is 5.00. The van der Waals surface area contributed by atoms with E-state index in [0.29, 0.717) is 25.3 Å². The molecule has 3 aliphatic rings. The normalized spacial score (nSPS) is 42.0. The fourth-order valence-corrected chi connectivity index (χ4v) is 4.48. The van der Waals surface area contributed by atoms with Gasteiger partial charge >= 0.3 is 0 Å². The third-order valence-electron chi connectivity index (χ3n) is 5.84. The fraction of sp³-hybridized carbons (Fsp3) is 1.00. The summed E-state index contributed by atoms with van der Waals surface area (Å²) in [4.78, 5) is 0. The summed E-state index contributed by atoms with van der Waals surface area (Å²) in [5.41, 5.74) is 0. The summed E-state index contributed by atoms with van der Waals surface area (Å²) in [6.07, 6.45) is 10.6. The monoisotopic (exact) mass is 281 g/mol. The fourth-order valence-electron chi connectivity index (χ4n) is 4.48. The number of rotatable bonds is 6. The average molecular weight is 281 g/mol. The molecule has 2 N–H and O–H groups in total. The second-order valence-corrected chi connectivity index (χ2v) is 7.56. The maximum atomic E-state index is 10.1. The second kappa shape index (κ2) is 6.76. The van der Waals surface area contributed by atoms with Crippen molar-refractivity contribution in [2.24, 2.45) is 17.8 Å². The first-order chi connectivity index (χ1) is 9.70. The van der Waals surface area contributed by atoms with Crippen molar-refractivity contribution >= 4 is 0 Å². The van der Waals surface area contributed by atoms with E-state index >= 15 is 0 Å². The summed E-state index contributed by atoms with van der Waals surface area (Å²) >= 11 is 0. The van der Waals surface area contributed by atoms with Gasteiger partial charge < -0.3 is 15.2 Å². The Morgan fingerprint density at radius 2 is 1.90 bits per heavy atom. The minimum atomic E-state index is -0.339. The number of fused-ring (bicyclic) bond motifs is 2. The molecule has 0 saturated heterocycles. The first kappa shape index (κ1) is 14.8. The highest BCUT2D eigenvalue weighted by Gasteiger charge is 2.39. The van der Waals surface area contributed by atoms with Gasteiger partial charge in [-0.05, 0) is 62.7 Å². The third kappa shape index (κ3) is 3.75. The van der Waals surface area contributed by atoms with Gasteiger partial charge in [0.2, 0.25) is 0 Å². The number of nitrogens with one attached hydrogen (secondary N) is 1. The van der Waals surface area contributed by atoms with Crippen LogP contribution in [0.1, 0.15) is 58.3 Å². The van der Waals surface area contributed by atoms with Crippen molar-refractivity contribution in [1.82, 2.24) is 5.32 Å². The number of hydrogen-bond acceptors (Lipinski definition) is 3. The lowest BCUT2D eigenvalue weighted by Gasteiger charge is -2.28. The summed E-state index contributed by atoms with van der Waals surface area (Å²) in [5, 5.41) is 13.7. The first-order valence-electron chi connectivity index (χ1n) is 8.73. The lowest BCUT2D eigenvalue weighted by Crippen LogP contribution is -2.40. The van der Waals surface area contributed by atoms with Crippen LogP contribution in [0.2, 0.25) is 0 Å². The highest BCUT2D eigenvalue weighted by atomic mass is 16.5. The van der Waals surface area contributed by atoms with Gasteiger partial charge in [-0.2, -0.15) is 0 Å². The second-order valence-electron chi connectivity index (χ2n) is 7.56. The molecule has 0 aromatic carbocycles. The zero-order chi connectivity index (χ0) is 13.9. The SMILES string of the molecule is CC1CCC(OCC(O)CNC2CC3CCC2C3)CC1. The molecule has 3 fully saturated rings. The molecule has 0 aromatic heterocycles. The number of ether oxygens (including phenoxy) is 1. The van der Waals surface area contributed by atoms with E-state index in [-0.39, 0.29) is 6.10 Å². The zero-order valence-electron chi connectivity index (χ0n) is 12.9. The smallest absolute Gasteiger partial charge is 0.0897 e. The van der Waals surface area contributed by atoms with Crippen molar-refractivity contribution in [2.75, 3.05) is 13.2 Å². The van der Waals surface area contributed by atoms with Crippen molar-refractivity contribution in [3.05, 3.63) is 0 Å². The molecule has 0 aliphatic heterocycles. The van der Waals surface area contributed by atoms with Crippen LogP contribution in [0.5, 0.6) is 0 Å². The van der Waals surface area contributed by atoms with Crippen molar-refractivity contribution in [2.45, 2.75) is 76.5 Å². The molecular formula is C17H31NO2. The van der Waals surface area contributed by atoms with Gasteiger partial charge in [-0.25, -0.2) is 0 Å². The minimum Gasteiger partial charge on any atom is -0.389 e. The molecule has 3 heteroatoms. The van der Waals surface area contributed by atoms with E-state index < -0.39 is 0 Å². The lowest BCUT2D eigenvalue weighted by atomic mass is 9.89. The number of aliphatic hydroxyl groups excluding tert-OH is 1. The van der Waals surface area contributed by atoms with Crippen LogP contribution in [0.25, 0.3) is 0 Å². The minimum absolute atomic E-state index is 0.339. The maximum absolute atomic E-state index is 10.1. The van der Waals surface area contributed by atoms with Gasteiger partial charge in [-0.1, -0.05) is 13.3 Å². The van der Waals surface area contributed by atoms with E-state index in [9.17, 15) is 5.11 Å². The van der Waals surface area contributed by atoms with E-state index in [4.69, 9.17) is 4.74 Å². The summed E-state index contributed by atoms with van der Waals surface area (Å²) in [6.45, 7) is 3.54. The third-order valence-corrected chi connectivity index (χ3v) is 5.84. The predicted molar refractivity (Wildman–Crippen MR) is 80.6 cm³/mol. The van der Waals surface area contributed by atoms with Crippen LogP contribution in [-0.4, -0.2) is 36.5 Å². The number of aliphatic hydroxyl groups is 1. The van der Waals surface area contributed by atoms with Gasteiger partial charge in [0.25, 0.3) is 0 Å². The van der Waals surface area contributed by atoms with Crippen molar-refractivity contribution in [3.63, 3.8) is 0 Å². The standard InChI is InChI=1S/C17H31NO2/c1-12-2-6-16(7-3-12)20-11-15(19)10-18-17-9-13-4-5-14(17)8-13/h12-19H,2-11H2,1H3. The Morgan fingerprint density at radius 1 is 1.10 bits per heavy atom. The topological polar surface area (TPSA) is 41.5 Å². The molecule has 3 aliphatic carbocycles. The van der Waals surface area contributed by atoms with Gasteiger partial charge in [-0.15, -0.1) is 0 Å². The molecule has 0 radical (unpaired) electrons. The molecular weight excluding hydrogens is 250 g/mol. The van der Waals surface area contributed by atoms with Crippen LogP contribution in [-0.2, 0) is 4.74 Å². The molecule has 116 valence electrons. The van der Waals surface area contributed by atoms with E-state index in [2.05, 4.69) is 12.2 Å². The molecule has 20 heavy (non-hydrogen) atoms. The molecule has 3 rings (SSSR count). The molecule has 0 amide bonds.